The Morgan fingerprint density at radius 3 is 2.57 bits per heavy atom. The number of carboxylic acid groups (broad SMARTS) is 1. The van der Waals surface area contributed by atoms with E-state index in [0.29, 0.717) is 18.4 Å². The number of hydrogen-bond acceptors (Lipinski definition) is 4. The van der Waals surface area contributed by atoms with Gasteiger partial charge in [-0.25, -0.2) is 0 Å². The molecule has 1 aliphatic carbocycles. The van der Waals surface area contributed by atoms with Crippen LogP contribution in [0, 0.1) is 5.41 Å². The molecule has 21 heavy (non-hydrogen) atoms. The highest BCUT2D eigenvalue weighted by Gasteiger charge is 2.44. The van der Waals surface area contributed by atoms with Crippen molar-refractivity contribution in [2.45, 2.75) is 25.7 Å². The highest BCUT2D eigenvalue weighted by molar-refractivity contribution is 5.94. The van der Waals surface area contributed by atoms with Gasteiger partial charge in [-0.2, -0.15) is 0 Å². The summed E-state index contributed by atoms with van der Waals surface area (Å²) in [6.07, 6.45) is 4.90. The van der Waals surface area contributed by atoms with E-state index < -0.39 is 11.4 Å². The molecule has 1 heterocycles. The average Bonchev–Trinajstić information content (AvgIpc) is 2.90. The summed E-state index contributed by atoms with van der Waals surface area (Å²) in [4.78, 5) is 34.3. The van der Waals surface area contributed by atoms with Gasteiger partial charge in [-0.05, 0) is 18.9 Å². The van der Waals surface area contributed by atoms with Crippen molar-refractivity contribution in [2.24, 2.45) is 5.41 Å². The van der Waals surface area contributed by atoms with Gasteiger partial charge < -0.3 is 20.2 Å². The maximum absolute atomic E-state index is 11.6. The van der Waals surface area contributed by atoms with Crippen LogP contribution >= 0.6 is 0 Å². The van der Waals surface area contributed by atoms with Crippen molar-refractivity contribution in [2.75, 3.05) is 13.1 Å². The van der Waals surface area contributed by atoms with E-state index in [-0.39, 0.29) is 31.3 Å². The van der Waals surface area contributed by atoms with Crippen LogP contribution in [-0.2, 0) is 9.59 Å². The second-order valence-corrected chi connectivity index (χ2v) is 5.23. The van der Waals surface area contributed by atoms with Crippen LogP contribution in [-0.4, -0.2) is 36.0 Å². The lowest BCUT2D eigenvalue weighted by atomic mass is 9.69. The summed E-state index contributed by atoms with van der Waals surface area (Å²) in [5.41, 5.74) is -0.398. The molecule has 0 aromatic carbocycles. The molecule has 0 aliphatic heterocycles. The molecule has 1 aromatic rings. The van der Waals surface area contributed by atoms with E-state index in [9.17, 15) is 14.4 Å². The highest BCUT2D eigenvalue weighted by atomic mass is 16.4. The third-order valence-corrected chi connectivity index (χ3v) is 3.81. The number of carbonyl (C=O) groups is 3. The molecule has 7 heteroatoms. The SMILES string of the molecule is O=C(CCNC(=O)c1ccoc1)NCC1(C(=O)O)CCC1. The standard InChI is InChI=1S/C14H18N2O5/c17-11(16-9-14(13(19)20)4-1-5-14)2-6-15-12(18)10-3-7-21-8-10/h3,7-8H,1-2,4-6,9H2,(H,15,18)(H,16,17)(H,19,20). The maximum atomic E-state index is 11.6. The van der Waals surface area contributed by atoms with E-state index in [2.05, 4.69) is 10.6 Å². The Kier molecular flexibility index (Phi) is 4.62. The minimum Gasteiger partial charge on any atom is -0.481 e. The van der Waals surface area contributed by atoms with Gasteiger partial charge in [0.1, 0.15) is 6.26 Å². The molecule has 1 saturated carbocycles. The normalized spacial score (nSPS) is 15.8. The predicted octanol–water partition coefficient (Wildman–Crippen LogP) is 0.771. The van der Waals surface area contributed by atoms with Crippen molar-refractivity contribution < 1.29 is 23.9 Å². The van der Waals surface area contributed by atoms with Crippen molar-refractivity contribution in [1.29, 1.82) is 0 Å². The molecule has 3 N–H and O–H groups in total. The predicted molar refractivity (Wildman–Crippen MR) is 72.6 cm³/mol. The third kappa shape index (κ3) is 3.62. The fourth-order valence-electron chi connectivity index (χ4n) is 2.21. The molecule has 0 unspecified atom stereocenters. The summed E-state index contributed by atoms with van der Waals surface area (Å²) >= 11 is 0. The number of furan rings is 1. The summed E-state index contributed by atoms with van der Waals surface area (Å²) in [5, 5.41) is 14.3. The molecular weight excluding hydrogens is 276 g/mol. The van der Waals surface area contributed by atoms with Crippen LogP contribution in [0.3, 0.4) is 0 Å². The van der Waals surface area contributed by atoms with Crippen molar-refractivity contribution >= 4 is 17.8 Å². The molecule has 0 atom stereocenters. The van der Waals surface area contributed by atoms with Crippen LogP contribution in [0.4, 0.5) is 0 Å². The zero-order chi connectivity index (χ0) is 15.3. The fraction of sp³-hybridized carbons (Fsp3) is 0.500. The maximum Gasteiger partial charge on any atom is 0.311 e. The number of hydrogen-bond donors (Lipinski definition) is 3. The number of amides is 2. The van der Waals surface area contributed by atoms with Gasteiger partial charge in [-0.15, -0.1) is 0 Å². The first-order valence-corrected chi connectivity index (χ1v) is 6.84. The van der Waals surface area contributed by atoms with E-state index in [1.165, 1.54) is 18.6 Å². The Bertz CT molecular complexity index is 519. The van der Waals surface area contributed by atoms with Gasteiger partial charge in [0.2, 0.25) is 5.91 Å². The quantitative estimate of drug-likeness (QED) is 0.688. The van der Waals surface area contributed by atoms with Gasteiger partial charge in [0.15, 0.2) is 0 Å². The van der Waals surface area contributed by atoms with Crippen molar-refractivity contribution in [3.63, 3.8) is 0 Å². The van der Waals surface area contributed by atoms with E-state index in [1.54, 1.807) is 0 Å². The Morgan fingerprint density at radius 1 is 1.29 bits per heavy atom. The molecule has 7 nitrogen and oxygen atoms in total. The highest BCUT2D eigenvalue weighted by Crippen LogP contribution is 2.40. The topological polar surface area (TPSA) is 109 Å². The molecule has 0 radical (unpaired) electrons. The van der Waals surface area contributed by atoms with Crippen LogP contribution in [0.25, 0.3) is 0 Å². The van der Waals surface area contributed by atoms with E-state index in [1.807, 2.05) is 0 Å². The van der Waals surface area contributed by atoms with Gasteiger partial charge in [0.25, 0.3) is 5.91 Å². The van der Waals surface area contributed by atoms with Gasteiger partial charge in [-0.1, -0.05) is 6.42 Å². The number of nitrogens with one attached hydrogen (secondary N) is 2. The molecule has 1 aromatic heterocycles. The molecule has 1 fully saturated rings. The number of carboxylic acids is 1. The van der Waals surface area contributed by atoms with Crippen LogP contribution in [0.1, 0.15) is 36.0 Å². The number of aliphatic carboxylic acids is 1. The summed E-state index contributed by atoms with van der Waals surface area (Å²) in [5.74, 6) is -1.44. The second kappa shape index (κ2) is 6.43. The van der Waals surface area contributed by atoms with E-state index >= 15 is 0 Å². The summed E-state index contributed by atoms with van der Waals surface area (Å²) in [6.45, 7) is 0.340. The first-order valence-electron chi connectivity index (χ1n) is 6.84. The van der Waals surface area contributed by atoms with Gasteiger partial charge in [-0.3, -0.25) is 14.4 Å². The van der Waals surface area contributed by atoms with Crippen LogP contribution in [0.2, 0.25) is 0 Å². The van der Waals surface area contributed by atoms with Crippen molar-refractivity contribution in [3.05, 3.63) is 24.2 Å². The minimum absolute atomic E-state index is 0.110. The lowest BCUT2D eigenvalue weighted by Gasteiger charge is -2.37. The minimum atomic E-state index is -0.859. The van der Waals surface area contributed by atoms with Crippen molar-refractivity contribution in [3.8, 4) is 0 Å². The van der Waals surface area contributed by atoms with Crippen LogP contribution < -0.4 is 10.6 Å². The van der Waals surface area contributed by atoms with Gasteiger partial charge >= 0.3 is 5.97 Å². The average molecular weight is 294 g/mol. The molecule has 0 spiro atoms. The zero-order valence-corrected chi connectivity index (χ0v) is 11.6. The number of carbonyl (C=O) groups excluding carboxylic acids is 2. The van der Waals surface area contributed by atoms with E-state index in [0.717, 1.165) is 6.42 Å². The lowest BCUT2D eigenvalue weighted by molar-refractivity contribution is -0.154. The summed E-state index contributed by atoms with van der Waals surface area (Å²) in [6, 6.07) is 1.53. The first kappa shape index (κ1) is 15.1. The molecular formula is C14H18N2O5. The molecule has 0 saturated heterocycles. The van der Waals surface area contributed by atoms with Gasteiger partial charge in [0, 0.05) is 19.5 Å². The first-order chi connectivity index (χ1) is 10.0. The Morgan fingerprint density at radius 2 is 2.05 bits per heavy atom. The third-order valence-electron chi connectivity index (χ3n) is 3.81. The molecule has 114 valence electrons. The van der Waals surface area contributed by atoms with Crippen molar-refractivity contribution in [1.82, 2.24) is 10.6 Å². The zero-order valence-electron chi connectivity index (χ0n) is 11.6. The lowest BCUT2D eigenvalue weighted by Crippen LogP contribution is -2.47. The molecule has 1 aliphatic rings. The fourth-order valence-corrected chi connectivity index (χ4v) is 2.21. The van der Waals surface area contributed by atoms with Gasteiger partial charge in [0.05, 0.1) is 17.2 Å². The largest absolute Gasteiger partial charge is 0.481 e. The second-order valence-electron chi connectivity index (χ2n) is 5.23. The summed E-state index contributed by atoms with van der Waals surface area (Å²) in [7, 11) is 0. The van der Waals surface area contributed by atoms with Crippen LogP contribution in [0.15, 0.2) is 23.0 Å². The smallest absolute Gasteiger partial charge is 0.311 e. The Balaban J connectivity index is 1.66. The molecule has 2 rings (SSSR count). The van der Waals surface area contributed by atoms with Crippen LogP contribution in [0.5, 0.6) is 0 Å². The van der Waals surface area contributed by atoms with E-state index in [4.69, 9.17) is 9.52 Å². The molecule has 2 amide bonds. The number of rotatable bonds is 7. The summed E-state index contributed by atoms with van der Waals surface area (Å²) < 4.78 is 4.78. The monoisotopic (exact) mass is 294 g/mol. The Labute approximate surface area is 121 Å². The molecule has 0 bridgehead atoms. The Hall–Kier alpha value is -2.31.